The summed E-state index contributed by atoms with van der Waals surface area (Å²) in [5, 5.41) is 15.7. The summed E-state index contributed by atoms with van der Waals surface area (Å²) in [6.45, 7) is 4.10. The zero-order chi connectivity index (χ0) is 13.0. The summed E-state index contributed by atoms with van der Waals surface area (Å²) in [6.07, 6.45) is 5.34. The minimum atomic E-state index is 0.176. The van der Waals surface area contributed by atoms with E-state index in [1.54, 1.807) is 0 Å². The van der Waals surface area contributed by atoms with Crippen LogP contribution in [0.1, 0.15) is 39.0 Å². The van der Waals surface area contributed by atoms with Crippen molar-refractivity contribution in [2.75, 3.05) is 19.7 Å². The lowest BCUT2D eigenvalue weighted by atomic mass is 9.91. The molecule has 2 rings (SSSR count). The summed E-state index contributed by atoms with van der Waals surface area (Å²) < 4.78 is 0. The molecule has 4 nitrogen and oxygen atoms in total. The van der Waals surface area contributed by atoms with E-state index in [1.165, 1.54) is 6.42 Å². The Balaban J connectivity index is 1.74. The predicted octanol–water partition coefficient (Wildman–Crippen LogP) is 0.899. The van der Waals surface area contributed by atoms with Gasteiger partial charge in [0.05, 0.1) is 0 Å². The number of hydrogen-bond donors (Lipinski definition) is 3. The fourth-order valence-electron chi connectivity index (χ4n) is 3.37. The second-order valence-electron chi connectivity index (χ2n) is 5.96. The van der Waals surface area contributed by atoms with Gasteiger partial charge in [-0.1, -0.05) is 6.42 Å². The normalized spacial score (nSPS) is 36.6. The van der Waals surface area contributed by atoms with Crippen molar-refractivity contribution < 1.29 is 9.90 Å². The Kier molecular flexibility index (Phi) is 5.01. The number of aliphatic hydroxyl groups is 1. The van der Waals surface area contributed by atoms with Crippen LogP contribution in [0.2, 0.25) is 0 Å². The van der Waals surface area contributed by atoms with Crippen molar-refractivity contribution in [3.8, 4) is 0 Å². The molecule has 4 heteroatoms. The molecule has 2 fully saturated rings. The minimum absolute atomic E-state index is 0.176. The molecule has 0 radical (unpaired) electrons. The Morgan fingerprint density at radius 1 is 1.33 bits per heavy atom. The van der Waals surface area contributed by atoms with E-state index in [0.717, 1.165) is 38.8 Å². The topological polar surface area (TPSA) is 61.4 Å². The molecule has 0 bridgehead atoms. The lowest BCUT2D eigenvalue weighted by Gasteiger charge is -2.28. The highest BCUT2D eigenvalue weighted by molar-refractivity contribution is 5.78. The van der Waals surface area contributed by atoms with Crippen LogP contribution in [0.4, 0.5) is 0 Å². The third-order valence-electron chi connectivity index (χ3n) is 4.58. The number of nitrogens with one attached hydrogen (secondary N) is 2. The molecule has 1 saturated carbocycles. The van der Waals surface area contributed by atoms with Crippen LogP contribution in [0.25, 0.3) is 0 Å². The molecule has 0 aromatic heterocycles. The van der Waals surface area contributed by atoms with Crippen LogP contribution in [-0.2, 0) is 4.79 Å². The van der Waals surface area contributed by atoms with Gasteiger partial charge in [0.2, 0.25) is 5.91 Å². The van der Waals surface area contributed by atoms with Gasteiger partial charge in [-0.15, -0.1) is 0 Å². The quantitative estimate of drug-likeness (QED) is 0.698. The van der Waals surface area contributed by atoms with Gasteiger partial charge < -0.3 is 15.7 Å². The molecule has 1 aliphatic heterocycles. The van der Waals surface area contributed by atoms with Gasteiger partial charge >= 0.3 is 0 Å². The number of piperidine rings is 1. The number of carbonyl (C=O) groups is 1. The third kappa shape index (κ3) is 3.45. The first-order valence-electron chi connectivity index (χ1n) is 7.32. The molecule has 1 amide bonds. The van der Waals surface area contributed by atoms with Crippen LogP contribution >= 0.6 is 0 Å². The maximum absolute atomic E-state index is 12.1. The largest absolute Gasteiger partial charge is 0.396 e. The van der Waals surface area contributed by atoms with Crippen LogP contribution in [0.15, 0.2) is 0 Å². The van der Waals surface area contributed by atoms with Gasteiger partial charge in [0.1, 0.15) is 0 Å². The third-order valence-corrected chi connectivity index (χ3v) is 4.58. The fourth-order valence-corrected chi connectivity index (χ4v) is 3.37. The van der Waals surface area contributed by atoms with E-state index < -0.39 is 0 Å². The van der Waals surface area contributed by atoms with Crippen molar-refractivity contribution in [3.63, 3.8) is 0 Å². The highest BCUT2D eigenvalue weighted by atomic mass is 16.3. The Labute approximate surface area is 110 Å². The lowest BCUT2D eigenvalue weighted by Crippen LogP contribution is -2.43. The molecule has 0 spiro atoms. The summed E-state index contributed by atoms with van der Waals surface area (Å²) in [5.74, 6) is 1.28. The van der Waals surface area contributed by atoms with Gasteiger partial charge in [-0.3, -0.25) is 4.79 Å². The van der Waals surface area contributed by atoms with Crippen molar-refractivity contribution in [1.82, 2.24) is 10.6 Å². The zero-order valence-electron chi connectivity index (χ0n) is 11.3. The SMILES string of the molecule is CC1CC(C(=O)NCC2CCCC2CO)CCN1. The second-order valence-corrected chi connectivity index (χ2v) is 5.96. The highest BCUT2D eigenvalue weighted by Crippen LogP contribution is 2.30. The highest BCUT2D eigenvalue weighted by Gasteiger charge is 2.29. The van der Waals surface area contributed by atoms with E-state index >= 15 is 0 Å². The van der Waals surface area contributed by atoms with Gasteiger partial charge in [0, 0.05) is 25.1 Å². The zero-order valence-corrected chi connectivity index (χ0v) is 11.3. The molecular formula is C14H26N2O2. The van der Waals surface area contributed by atoms with E-state index in [9.17, 15) is 9.90 Å². The van der Waals surface area contributed by atoms with E-state index in [2.05, 4.69) is 17.6 Å². The first-order chi connectivity index (χ1) is 8.70. The van der Waals surface area contributed by atoms with Gasteiger partial charge in [-0.05, 0) is 51.0 Å². The number of hydrogen-bond acceptors (Lipinski definition) is 3. The van der Waals surface area contributed by atoms with Crippen LogP contribution in [0.3, 0.4) is 0 Å². The van der Waals surface area contributed by atoms with Crippen molar-refractivity contribution in [1.29, 1.82) is 0 Å². The van der Waals surface area contributed by atoms with Crippen LogP contribution in [0, 0.1) is 17.8 Å². The number of carbonyl (C=O) groups excluding carboxylic acids is 1. The monoisotopic (exact) mass is 254 g/mol. The van der Waals surface area contributed by atoms with E-state index in [0.29, 0.717) is 17.9 Å². The fraction of sp³-hybridized carbons (Fsp3) is 0.929. The molecule has 1 saturated heterocycles. The number of aliphatic hydroxyl groups excluding tert-OH is 1. The summed E-state index contributed by atoms with van der Waals surface area (Å²) in [7, 11) is 0. The maximum atomic E-state index is 12.1. The average molecular weight is 254 g/mol. The van der Waals surface area contributed by atoms with Gasteiger partial charge in [0.15, 0.2) is 0 Å². The van der Waals surface area contributed by atoms with Gasteiger partial charge in [-0.2, -0.15) is 0 Å². The summed E-state index contributed by atoms with van der Waals surface area (Å²) in [4.78, 5) is 12.1. The lowest BCUT2D eigenvalue weighted by molar-refractivity contribution is -0.126. The van der Waals surface area contributed by atoms with Crippen molar-refractivity contribution in [2.45, 2.75) is 45.1 Å². The number of rotatable bonds is 4. The molecule has 104 valence electrons. The molecule has 18 heavy (non-hydrogen) atoms. The maximum Gasteiger partial charge on any atom is 0.223 e. The molecule has 2 aliphatic rings. The first kappa shape index (κ1) is 13.8. The Morgan fingerprint density at radius 2 is 2.11 bits per heavy atom. The molecule has 1 aliphatic carbocycles. The summed E-state index contributed by atoms with van der Waals surface area (Å²) in [6, 6.07) is 0.450. The van der Waals surface area contributed by atoms with Crippen LogP contribution in [-0.4, -0.2) is 36.8 Å². The second kappa shape index (κ2) is 6.53. The first-order valence-corrected chi connectivity index (χ1v) is 7.32. The number of amides is 1. The van der Waals surface area contributed by atoms with E-state index in [1.807, 2.05) is 0 Å². The van der Waals surface area contributed by atoms with E-state index in [4.69, 9.17) is 0 Å². The summed E-state index contributed by atoms with van der Waals surface area (Å²) >= 11 is 0. The molecule has 3 N–H and O–H groups in total. The van der Waals surface area contributed by atoms with Crippen LogP contribution in [0.5, 0.6) is 0 Å². The van der Waals surface area contributed by atoms with Crippen molar-refractivity contribution in [3.05, 3.63) is 0 Å². The molecule has 0 aromatic rings. The Hall–Kier alpha value is -0.610. The molecular weight excluding hydrogens is 228 g/mol. The molecule has 4 atom stereocenters. The van der Waals surface area contributed by atoms with Gasteiger partial charge in [-0.25, -0.2) is 0 Å². The molecule has 0 aromatic carbocycles. The minimum Gasteiger partial charge on any atom is -0.396 e. The van der Waals surface area contributed by atoms with E-state index in [-0.39, 0.29) is 18.4 Å². The van der Waals surface area contributed by atoms with Crippen molar-refractivity contribution >= 4 is 5.91 Å². The van der Waals surface area contributed by atoms with Gasteiger partial charge in [0.25, 0.3) is 0 Å². The average Bonchev–Trinajstić information content (AvgIpc) is 2.83. The standard InChI is InChI=1S/C14H26N2O2/c1-10-7-11(5-6-15-10)14(18)16-8-12-3-2-4-13(12)9-17/h10-13,15,17H,2-9H2,1H3,(H,16,18). The predicted molar refractivity (Wildman–Crippen MR) is 71.1 cm³/mol. The van der Waals surface area contributed by atoms with Crippen molar-refractivity contribution in [2.24, 2.45) is 17.8 Å². The smallest absolute Gasteiger partial charge is 0.223 e. The molecule has 1 heterocycles. The Morgan fingerprint density at radius 3 is 2.83 bits per heavy atom. The molecule has 4 unspecified atom stereocenters. The Bertz CT molecular complexity index is 283. The summed E-state index contributed by atoms with van der Waals surface area (Å²) in [5.41, 5.74) is 0. The van der Waals surface area contributed by atoms with Crippen LogP contribution < -0.4 is 10.6 Å².